The van der Waals surface area contributed by atoms with Crippen molar-refractivity contribution in [2.75, 3.05) is 25.0 Å². The number of carbonyl (C=O) groups is 5. The third-order valence-corrected chi connectivity index (χ3v) is 9.44. The van der Waals surface area contributed by atoms with Crippen LogP contribution in [0.2, 0.25) is 0 Å². The van der Waals surface area contributed by atoms with E-state index in [9.17, 15) is 24.0 Å². The van der Waals surface area contributed by atoms with E-state index in [4.69, 9.17) is 9.47 Å². The van der Waals surface area contributed by atoms with Crippen LogP contribution in [-0.4, -0.2) is 61.1 Å². The summed E-state index contributed by atoms with van der Waals surface area (Å²) in [6, 6.07) is 39.0. The largest absolute Gasteiger partial charge is 0.489 e. The number of rotatable bonds is 22. The molecule has 60 heavy (non-hydrogen) atoms. The Morgan fingerprint density at radius 2 is 1.13 bits per heavy atom. The molecule has 12 heteroatoms. The first kappa shape index (κ1) is 44.2. The standard InChI is InChI=1S/C48H53N5O7/c1-33(2)28-43(48(58)51-30-45(55)49-27-26-35-18-22-39(23-19-35)59-31-36-12-6-4-7-13-36)53-46(56)34(3)52-42-17-11-10-16-41(42)44(54)29-50-47(57)38-20-24-40(25-21-38)60-32-37-14-8-5-9-15-37/h4-25,33-34,43,52H,26-32H2,1-3H3,(H,49,55)(H,50,57)(H,51,58)(H,53,56). The van der Waals surface area contributed by atoms with E-state index < -0.39 is 29.8 Å². The number of nitrogens with one attached hydrogen (secondary N) is 5. The third-order valence-electron chi connectivity index (χ3n) is 9.44. The number of Topliss-reactive ketones (excluding diaryl/α,β-unsaturated/α-hetero) is 1. The van der Waals surface area contributed by atoms with Crippen LogP contribution in [0.25, 0.3) is 0 Å². The summed E-state index contributed by atoms with van der Waals surface area (Å²) in [6.07, 6.45) is 0.939. The number of para-hydroxylation sites is 1. The Balaban J connectivity index is 1.04. The van der Waals surface area contributed by atoms with Crippen LogP contribution in [0, 0.1) is 5.92 Å². The molecule has 2 unspecified atom stereocenters. The van der Waals surface area contributed by atoms with Gasteiger partial charge < -0.3 is 36.1 Å². The lowest BCUT2D eigenvalue weighted by atomic mass is 10.0. The molecule has 12 nitrogen and oxygen atoms in total. The van der Waals surface area contributed by atoms with Crippen molar-refractivity contribution < 1.29 is 33.4 Å². The second-order valence-corrected chi connectivity index (χ2v) is 14.7. The fourth-order valence-electron chi connectivity index (χ4n) is 6.14. The van der Waals surface area contributed by atoms with Crippen molar-refractivity contribution in [3.8, 4) is 11.5 Å². The highest BCUT2D eigenvalue weighted by molar-refractivity contribution is 6.05. The lowest BCUT2D eigenvalue weighted by Gasteiger charge is -2.23. The number of carbonyl (C=O) groups excluding carboxylic acids is 5. The van der Waals surface area contributed by atoms with Gasteiger partial charge in [0.05, 0.1) is 13.1 Å². The molecule has 312 valence electrons. The van der Waals surface area contributed by atoms with Gasteiger partial charge in [-0.2, -0.15) is 0 Å². The molecule has 0 bridgehead atoms. The smallest absolute Gasteiger partial charge is 0.251 e. The Kier molecular flexibility index (Phi) is 16.8. The van der Waals surface area contributed by atoms with Gasteiger partial charge in [-0.05, 0) is 90.9 Å². The number of ether oxygens (including phenoxy) is 2. The van der Waals surface area contributed by atoms with Crippen molar-refractivity contribution in [1.29, 1.82) is 0 Å². The molecule has 0 heterocycles. The molecule has 5 rings (SSSR count). The lowest BCUT2D eigenvalue weighted by molar-refractivity contribution is -0.130. The summed E-state index contributed by atoms with van der Waals surface area (Å²) >= 11 is 0. The van der Waals surface area contributed by atoms with E-state index in [0.29, 0.717) is 49.6 Å². The number of hydrogen-bond acceptors (Lipinski definition) is 8. The topological polar surface area (TPSA) is 164 Å². The molecule has 0 radical (unpaired) electrons. The number of hydrogen-bond donors (Lipinski definition) is 5. The lowest BCUT2D eigenvalue weighted by Crippen LogP contribution is -2.52. The minimum Gasteiger partial charge on any atom is -0.489 e. The molecule has 0 aliphatic rings. The molecule has 5 N–H and O–H groups in total. The molecule has 0 saturated carbocycles. The van der Waals surface area contributed by atoms with Crippen LogP contribution in [0.1, 0.15) is 64.6 Å². The SMILES string of the molecule is CC(C)CC(NC(=O)C(C)Nc1ccccc1C(=O)CNC(=O)c1ccc(OCc2ccccc2)cc1)C(=O)NCC(=O)NCCc1ccc(OCc2ccccc2)cc1. The van der Waals surface area contributed by atoms with Crippen LogP contribution in [-0.2, 0) is 34.0 Å². The molecule has 0 aliphatic carbocycles. The predicted octanol–water partition coefficient (Wildman–Crippen LogP) is 6.26. The summed E-state index contributed by atoms with van der Waals surface area (Å²) in [7, 11) is 0. The van der Waals surface area contributed by atoms with E-state index in [-0.39, 0.29) is 36.3 Å². The molecule has 4 amide bonds. The third kappa shape index (κ3) is 14.5. The van der Waals surface area contributed by atoms with Gasteiger partial charge >= 0.3 is 0 Å². The monoisotopic (exact) mass is 811 g/mol. The van der Waals surface area contributed by atoms with Gasteiger partial charge in [0.15, 0.2) is 5.78 Å². The summed E-state index contributed by atoms with van der Waals surface area (Å²) in [5.41, 5.74) is 4.18. The molecular formula is C48H53N5O7. The fraction of sp³-hybridized carbons (Fsp3) is 0.271. The number of amides is 4. The summed E-state index contributed by atoms with van der Waals surface area (Å²) < 4.78 is 11.6. The molecule has 0 aliphatic heterocycles. The van der Waals surface area contributed by atoms with Crippen LogP contribution >= 0.6 is 0 Å². The number of anilines is 1. The maximum atomic E-state index is 13.4. The fourth-order valence-corrected chi connectivity index (χ4v) is 6.14. The zero-order valence-corrected chi connectivity index (χ0v) is 34.2. The van der Waals surface area contributed by atoms with E-state index in [1.165, 1.54) is 0 Å². The highest BCUT2D eigenvalue weighted by Gasteiger charge is 2.25. The number of benzene rings is 5. The van der Waals surface area contributed by atoms with Crippen molar-refractivity contribution in [2.24, 2.45) is 5.92 Å². The Morgan fingerprint density at radius 3 is 1.73 bits per heavy atom. The van der Waals surface area contributed by atoms with Crippen molar-refractivity contribution in [3.05, 3.63) is 161 Å². The van der Waals surface area contributed by atoms with E-state index in [0.717, 1.165) is 22.4 Å². The van der Waals surface area contributed by atoms with Crippen molar-refractivity contribution in [1.82, 2.24) is 21.3 Å². The molecule has 0 spiro atoms. The first-order chi connectivity index (χ1) is 29.0. The molecule has 0 saturated heterocycles. The predicted molar refractivity (Wildman–Crippen MR) is 232 cm³/mol. The van der Waals surface area contributed by atoms with Crippen molar-refractivity contribution in [3.63, 3.8) is 0 Å². The van der Waals surface area contributed by atoms with Gasteiger partial charge in [-0.25, -0.2) is 0 Å². The van der Waals surface area contributed by atoms with Crippen molar-refractivity contribution in [2.45, 2.75) is 58.9 Å². The Labute approximate surface area is 351 Å². The van der Waals surface area contributed by atoms with Gasteiger partial charge in [0.25, 0.3) is 5.91 Å². The van der Waals surface area contributed by atoms with Crippen LogP contribution < -0.4 is 36.1 Å². The minimum absolute atomic E-state index is 0.0627. The van der Waals surface area contributed by atoms with Crippen LogP contribution in [0.5, 0.6) is 11.5 Å². The zero-order valence-electron chi connectivity index (χ0n) is 34.2. The maximum absolute atomic E-state index is 13.4. The van der Waals surface area contributed by atoms with E-state index in [2.05, 4.69) is 26.6 Å². The van der Waals surface area contributed by atoms with Crippen LogP contribution in [0.4, 0.5) is 5.69 Å². The summed E-state index contributed by atoms with van der Waals surface area (Å²) in [5.74, 6) is -0.656. The second kappa shape index (κ2) is 22.8. The molecule has 0 aromatic heterocycles. The Hall–Kier alpha value is -6.95. The molecule has 0 fully saturated rings. The van der Waals surface area contributed by atoms with Gasteiger partial charge in [-0.3, -0.25) is 24.0 Å². The average Bonchev–Trinajstić information content (AvgIpc) is 3.27. The van der Waals surface area contributed by atoms with E-state index >= 15 is 0 Å². The molecular weight excluding hydrogens is 759 g/mol. The van der Waals surface area contributed by atoms with E-state index in [1.54, 1.807) is 55.5 Å². The normalized spacial score (nSPS) is 11.7. The van der Waals surface area contributed by atoms with Gasteiger partial charge in [0, 0.05) is 23.4 Å². The maximum Gasteiger partial charge on any atom is 0.251 e. The molecule has 5 aromatic carbocycles. The average molecular weight is 812 g/mol. The second-order valence-electron chi connectivity index (χ2n) is 14.7. The van der Waals surface area contributed by atoms with Crippen LogP contribution in [0.3, 0.4) is 0 Å². The first-order valence-electron chi connectivity index (χ1n) is 20.1. The van der Waals surface area contributed by atoms with Crippen molar-refractivity contribution >= 4 is 35.1 Å². The van der Waals surface area contributed by atoms with Gasteiger partial charge in [-0.15, -0.1) is 0 Å². The van der Waals surface area contributed by atoms with Gasteiger partial charge in [-0.1, -0.05) is 98.8 Å². The van der Waals surface area contributed by atoms with Gasteiger partial charge in [0.1, 0.15) is 36.8 Å². The highest BCUT2D eigenvalue weighted by Crippen LogP contribution is 2.19. The molecule has 2 atom stereocenters. The minimum atomic E-state index is -0.895. The Morgan fingerprint density at radius 1 is 0.567 bits per heavy atom. The highest BCUT2D eigenvalue weighted by atomic mass is 16.5. The Bertz CT molecular complexity index is 2160. The molecule has 5 aromatic rings. The summed E-state index contributed by atoms with van der Waals surface area (Å²) in [5, 5.41) is 14.0. The summed E-state index contributed by atoms with van der Waals surface area (Å²) in [4.78, 5) is 65.4. The summed E-state index contributed by atoms with van der Waals surface area (Å²) in [6.45, 7) is 6.22. The first-order valence-corrected chi connectivity index (χ1v) is 20.1. The number of ketones is 1. The zero-order chi connectivity index (χ0) is 42.7. The van der Waals surface area contributed by atoms with Gasteiger partial charge in [0.2, 0.25) is 17.7 Å². The van der Waals surface area contributed by atoms with E-state index in [1.807, 2.05) is 98.8 Å². The van der Waals surface area contributed by atoms with Crippen LogP contribution in [0.15, 0.2) is 133 Å². The quantitative estimate of drug-likeness (QED) is 0.0512.